The maximum absolute atomic E-state index is 6.15. The van der Waals surface area contributed by atoms with E-state index in [-0.39, 0.29) is 5.54 Å². The molecule has 1 heteroatoms. The van der Waals surface area contributed by atoms with Crippen LogP contribution in [0.4, 0.5) is 0 Å². The molecular weight excluding hydrogens is 134 g/mol. The van der Waals surface area contributed by atoms with Crippen LogP contribution in [0.1, 0.15) is 33.1 Å². The summed E-state index contributed by atoms with van der Waals surface area (Å²) in [7, 11) is 0. The summed E-state index contributed by atoms with van der Waals surface area (Å²) < 4.78 is 0. The highest BCUT2D eigenvalue weighted by molar-refractivity contribution is 4.97. The topological polar surface area (TPSA) is 26.0 Å². The van der Waals surface area contributed by atoms with Crippen LogP contribution in [-0.4, -0.2) is 5.54 Å². The highest BCUT2D eigenvalue weighted by atomic mass is 14.8. The predicted octanol–water partition coefficient (Wildman–Crippen LogP) is 2.33. The van der Waals surface area contributed by atoms with Gasteiger partial charge in [-0.25, -0.2) is 0 Å². The molecule has 2 unspecified atom stereocenters. The van der Waals surface area contributed by atoms with E-state index in [0.29, 0.717) is 5.92 Å². The molecule has 0 aromatic rings. The highest BCUT2D eigenvalue weighted by Gasteiger charge is 2.38. The highest BCUT2D eigenvalue weighted by Crippen LogP contribution is 2.41. The van der Waals surface area contributed by atoms with Gasteiger partial charge in [0.15, 0.2) is 0 Å². The van der Waals surface area contributed by atoms with Crippen LogP contribution in [0.3, 0.4) is 0 Å². The van der Waals surface area contributed by atoms with Gasteiger partial charge in [-0.2, -0.15) is 0 Å². The molecule has 1 nitrogen and oxygen atoms in total. The first-order chi connectivity index (χ1) is 5.06. The van der Waals surface area contributed by atoms with Gasteiger partial charge in [-0.3, -0.25) is 0 Å². The van der Waals surface area contributed by atoms with Crippen LogP contribution >= 0.6 is 0 Å². The number of hydrogen-bond acceptors (Lipinski definition) is 1. The van der Waals surface area contributed by atoms with E-state index >= 15 is 0 Å². The molecule has 1 aliphatic carbocycles. The maximum Gasteiger partial charge on any atom is 0.0159 e. The van der Waals surface area contributed by atoms with Crippen LogP contribution < -0.4 is 5.73 Å². The summed E-state index contributed by atoms with van der Waals surface area (Å²) in [6, 6.07) is 0. The Morgan fingerprint density at radius 1 is 1.73 bits per heavy atom. The molecule has 1 rings (SSSR count). The van der Waals surface area contributed by atoms with E-state index < -0.39 is 0 Å². The van der Waals surface area contributed by atoms with Crippen molar-refractivity contribution in [1.29, 1.82) is 0 Å². The zero-order valence-corrected chi connectivity index (χ0v) is 7.64. The normalized spacial score (nSPS) is 25.7. The van der Waals surface area contributed by atoms with Crippen molar-refractivity contribution in [2.24, 2.45) is 17.6 Å². The molecular formula is C10H19N. The van der Waals surface area contributed by atoms with Crippen LogP contribution in [0.15, 0.2) is 12.7 Å². The Hall–Kier alpha value is -0.300. The van der Waals surface area contributed by atoms with Crippen LogP contribution in [0.25, 0.3) is 0 Å². The Kier molecular flexibility index (Phi) is 2.38. The summed E-state index contributed by atoms with van der Waals surface area (Å²) in [5.74, 6) is 1.34. The van der Waals surface area contributed by atoms with E-state index in [1.54, 1.807) is 0 Å². The predicted molar refractivity (Wildman–Crippen MR) is 49.3 cm³/mol. The third kappa shape index (κ3) is 2.33. The smallest absolute Gasteiger partial charge is 0.0159 e. The van der Waals surface area contributed by atoms with Crippen LogP contribution in [-0.2, 0) is 0 Å². The first-order valence-electron chi connectivity index (χ1n) is 4.47. The van der Waals surface area contributed by atoms with Gasteiger partial charge in [-0.1, -0.05) is 13.0 Å². The van der Waals surface area contributed by atoms with Crippen molar-refractivity contribution in [1.82, 2.24) is 0 Å². The largest absolute Gasteiger partial charge is 0.325 e. The summed E-state index contributed by atoms with van der Waals surface area (Å²) >= 11 is 0. The molecule has 0 spiro atoms. The summed E-state index contributed by atoms with van der Waals surface area (Å²) in [4.78, 5) is 0. The molecule has 1 saturated carbocycles. The van der Waals surface area contributed by atoms with Gasteiger partial charge in [0.1, 0.15) is 0 Å². The molecule has 2 N–H and O–H groups in total. The van der Waals surface area contributed by atoms with E-state index in [1.165, 1.54) is 12.8 Å². The van der Waals surface area contributed by atoms with Gasteiger partial charge < -0.3 is 5.73 Å². The number of hydrogen-bond donors (Lipinski definition) is 1. The van der Waals surface area contributed by atoms with Gasteiger partial charge in [-0.05, 0) is 38.0 Å². The Morgan fingerprint density at radius 2 is 2.27 bits per heavy atom. The monoisotopic (exact) mass is 153 g/mol. The quantitative estimate of drug-likeness (QED) is 0.616. The molecule has 0 heterocycles. The zero-order valence-electron chi connectivity index (χ0n) is 7.64. The summed E-state index contributed by atoms with van der Waals surface area (Å²) in [6.07, 6.45) is 5.74. The second kappa shape index (κ2) is 2.98. The van der Waals surface area contributed by atoms with E-state index in [2.05, 4.69) is 20.4 Å². The standard InChI is InChI=1S/C10H19N/c1-4-8(2)7-10(3,11)9-5-6-9/h4,8-9H,1,5-7,11H2,2-3H3. The Labute approximate surface area is 69.7 Å². The summed E-state index contributed by atoms with van der Waals surface area (Å²) in [5, 5.41) is 0. The van der Waals surface area contributed by atoms with Gasteiger partial charge >= 0.3 is 0 Å². The fourth-order valence-electron chi connectivity index (χ4n) is 1.69. The molecule has 0 radical (unpaired) electrons. The maximum atomic E-state index is 6.15. The lowest BCUT2D eigenvalue weighted by atomic mass is 9.87. The molecule has 64 valence electrons. The number of nitrogens with two attached hydrogens (primary N) is 1. The molecule has 0 bridgehead atoms. The van der Waals surface area contributed by atoms with Crippen LogP contribution in [0, 0.1) is 11.8 Å². The van der Waals surface area contributed by atoms with Crippen molar-refractivity contribution in [3.05, 3.63) is 12.7 Å². The Balaban J connectivity index is 2.38. The van der Waals surface area contributed by atoms with Crippen LogP contribution in [0.5, 0.6) is 0 Å². The lowest BCUT2D eigenvalue weighted by Gasteiger charge is -2.26. The molecule has 2 atom stereocenters. The minimum Gasteiger partial charge on any atom is -0.325 e. The molecule has 11 heavy (non-hydrogen) atoms. The second-order valence-electron chi connectivity index (χ2n) is 4.20. The molecule has 1 fully saturated rings. The van der Waals surface area contributed by atoms with Crippen molar-refractivity contribution in [2.75, 3.05) is 0 Å². The number of rotatable bonds is 4. The molecule has 0 aromatic carbocycles. The minimum atomic E-state index is 0.0631. The fraction of sp³-hybridized carbons (Fsp3) is 0.800. The Morgan fingerprint density at radius 3 is 2.64 bits per heavy atom. The average molecular weight is 153 g/mol. The first kappa shape index (κ1) is 8.79. The van der Waals surface area contributed by atoms with E-state index in [9.17, 15) is 0 Å². The van der Waals surface area contributed by atoms with Crippen molar-refractivity contribution >= 4 is 0 Å². The van der Waals surface area contributed by atoms with Gasteiger partial charge in [0.25, 0.3) is 0 Å². The van der Waals surface area contributed by atoms with Crippen molar-refractivity contribution in [3.8, 4) is 0 Å². The van der Waals surface area contributed by atoms with Crippen LogP contribution in [0.2, 0.25) is 0 Å². The minimum absolute atomic E-state index is 0.0631. The van der Waals surface area contributed by atoms with Crippen molar-refractivity contribution < 1.29 is 0 Å². The van der Waals surface area contributed by atoms with Crippen molar-refractivity contribution in [2.45, 2.75) is 38.6 Å². The first-order valence-corrected chi connectivity index (χ1v) is 4.47. The number of allylic oxidation sites excluding steroid dienone is 1. The van der Waals surface area contributed by atoms with E-state index in [1.807, 2.05) is 6.08 Å². The molecule has 0 amide bonds. The molecule has 0 aliphatic heterocycles. The zero-order chi connectivity index (χ0) is 8.48. The SMILES string of the molecule is C=CC(C)CC(C)(N)C1CC1. The lowest BCUT2D eigenvalue weighted by molar-refractivity contribution is 0.343. The van der Waals surface area contributed by atoms with Crippen molar-refractivity contribution in [3.63, 3.8) is 0 Å². The molecule has 1 aliphatic rings. The van der Waals surface area contributed by atoms with Gasteiger partial charge in [0.05, 0.1) is 0 Å². The summed E-state index contributed by atoms with van der Waals surface area (Å²) in [5.41, 5.74) is 6.21. The fourth-order valence-corrected chi connectivity index (χ4v) is 1.69. The van der Waals surface area contributed by atoms with Gasteiger partial charge in [-0.15, -0.1) is 6.58 Å². The molecule has 0 aromatic heterocycles. The molecule has 0 saturated heterocycles. The third-order valence-corrected chi connectivity index (χ3v) is 2.67. The van der Waals surface area contributed by atoms with Gasteiger partial charge in [0.2, 0.25) is 0 Å². The van der Waals surface area contributed by atoms with E-state index in [4.69, 9.17) is 5.73 Å². The Bertz CT molecular complexity index is 145. The van der Waals surface area contributed by atoms with Gasteiger partial charge in [0, 0.05) is 5.54 Å². The lowest BCUT2D eigenvalue weighted by Crippen LogP contribution is -2.39. The second-order valence-corrected chi connectivity index (χ2v) is 4.20. The third-order valence-electron chi connectivity index (χ3n) is 2.67. The van der Waals surface area contributed by atoms with E-state index in [0.717, 1.165) is 12.3 Å². The average Bonchev–Trinajstić information content (AvgIpc) is 2.66. The summed E-state index contributed by atoms with van der Waals surface area (Å²) in [6.45, 7) is 8.12.